The molecule has 1 aromatic heterocycles. The molecule has 0 bridgehead atoms. The molecule has 0 atom stereocenters. The van der Waals surface area contributed by atoms with E-state index in [0.29, 0.717) is 47.5 Å². The number of morpholine rings is 1. The molecule has 0 aliphatic carbocycles. The van der Waals surface area contributed by atoms with Gasteiger partial charge >= 0.3 is 0 Å². The Balaban J connectivity index is 1.49. The average Bonchev–Trinajstić information content (AvgIpc) is 2.82. The van der Waals surface area contributed by atoms with Crippen molar-refractivity contribution in [3.8, 4) is 5.75 Å². The summed E-state index contributed by atoms with van der Waals surface area (Å²) in [6.07, 6.45) is 0. The number of hydrogen-bond acceptors (Lipinski definition) is 8. The number of aromatic nitrogens is 2. The minimum absolute atomic E-state index is 0.0676. The van der Waals surface area contributed by atoms with Crippen LogP contribution in [0.15, 0.2) is 57.9 Å². The van der Waals surface area contributed by atoms with Crippen molar-refractivity contribution >= 4 is 49.1 Å². The highest BCUT2D eigenvalue weighted by Crippen LogP contribution is 2.30. The summed E-state index contributed by atoms with van der Waals surface area (Å²) >= 11 is 3.33. The second kappa shape index (κ2) is 10.6. The minimum Gasteiger partial charge on any atom is -0.492 e. The van der Waals surface area contributed by atoms with Crippen LogP contribution in [-0.2, 0) is 14.8 Å². The van der Waals surface area contributed by atoms with Crippen molar-refractivity contribution in [2.75, 3.05) is 47.8 Å². The Morgan fingerprint density at radius 3 is 2.47 bits per heavy atom. The molecule has 0 unspecified atom stereocenters. The van der Waals surface area contributed by atoms with Crippen molar-refractivity contribution in [2.45, 2.75) is 18.7 Å². The number of nitrogens with zero attached hydrogens (tertiary/aromatic N) is 3. The van der Waals surface area contributed by atoms with Gasteiger partial charge in [-0.25, -0.2) is 13.4 Å². The standard InChI is InChI=1S/C23H26BrN5O4S/c1-3-33-20-9-4-17(24)15-21(20)34(30,31)28-19-7-5-18(6-8-19)26-22-14-16(2)25-23(27-22)29-10-12-32-13-11-29/h4-9,14-15,28H,3,10-13H2,1-2H3,(H,25,26,27). The molecule has 1 aliphatic heterocycles. The lowest BCUT2D eigenvalue weighted by molar-refractivity contribution is 0.122. The van der Waals surface area contributed by atoms with Crippen LogP contribution in [-0.4, -0.2) is 51.3 Å². The zero-order valence-electron chi connectivity index (χ0n) is 18.9. The number of aryl methyl sites for hydroxylation is 1. The Bertz CT molecular complexity index is 1250. The van der Waals surface area contributed by atoms with Crippen LogP contribution in [0.25, 0.3) is 0 Å². The summed E-state index contributed by atoms with van der Waals surface area (Å²) in [5.41, 5.74) is 2.05. The minimum atomic E-state index is -3.85. The number of halogens is 1. The van der Waals surface area contributed by atoms with Gasteiger partial charge in [0, 0.05) is 40.7 Å². The predicted molar refractivity (Wildman–Crippen MR) is 136 cm³/mol. The average molecular weight is 548 g/mol. The summed E-state index contributed by atoms with van der Waals surface area (Å²) in [6.45, 7) is 6.91. The molecule has 1 saturated heterocycles. The summed E-state index contributed by atoms with van der Waals surface area (Å²) in [5.74, 6) is 1.62. The highest BCUT2D eigenvalue weighted by atomic mass is 79.9. The second-order valence-corrected chi connectivity index (χ2v) is 10.2. The zero-order valence-corrected chi connectivity index (χ0v) is 21.3. The van der Waals surface area contributed by atoms with Gasteiger partial charge in [-0.3, -0.25) is 4.72 Å². The van der Waals surface area contributed by atoms with Crippen LogP contribution in [0.5, 0.6) is 5.75 Å². The quantitative estimate of drug-likeness (QED) is 0.429. The van der Waals surface area contributed by atoms with Crippen LogP contribution in [0, 0.1) is 6.92 Å². The number of ether oxygens (including phenoxy) is 2. The van der Waals surface area contributed by atoms with Gasteiger partial charge in [-0.05, 0) is 56.3 Å². The molecule has 2 aromatic carbocycles. The Hall–Kier alpha value is -2.89. The monoisotopic (exact) mass is 547 g/mol. The SMILES string of the molecule is CCOc1ccc(Br)cc1S(=O)(=O)Nc1ccc(Nc2cc(C)nc(N3CCOCC3)n2)cc1. The molecule has 0 radical (unpaired) electrons. The third-order valence-corrected chi connectivity index (χ3v) is 6.94. The maximum Gasteiger partial charge on any atom is 0.265 e. The molecule has 2 heterocycles. The molecular formula is C23H26BrN5O4S. The summed E-state index contributed by atoms with van der Waals surface area (Å²) < 4.78 is 40.1. The van der Waals surface area contributed by atoms with E-state index in [9.17, 15) is 8.42 Å². The predicted octanol–water partition coefficient (Wildman–Crippen LogP) is 4.33. The van der Waals surface area contributed by atoms with E-state index in [2.05, 4.69) is 40.8 Å². The van der Waals surface area contributed by atoms with Gasteiger partial charge in [-0.15, -0.1) is 0 Å². The molecule has 0 amide bonds. The normalized spacial score (nSPS) is 14.0. The Morgan fingerprint density at radius 1 is 1.06 bits per heavy atom. The van der Waals surface area contributed by atoms with Crippen molar-refractivity contribution < 1.29 is 17.9 Å². The fraction of sp³-hybridized carbons (Fsp3) is 0.304. The second-order valence-electron chi connectivity index (χ2n) is 7.63. The lowest BCUT2D eigenvalue weighted by atomic mass is 10.3. The topological polar surface area (TPSA) is 106 Å². The van der Waals surface area contributed by atoms with Gasteiger partial charge in [0.25, 0.3) is 10.0 Å². The van der Waals surface area contributed by atoms with Crippen LogP contribution < -0.4 is 19.7 Å². The first kappa shape index (κ1) is 24.2. The molecule has 9 nitrogen and oxygen atoms in total. The van der Waals surface area contributed by atoms with Gasteiger partial charge in [-0.1, -0.05) is 15.9 Å². The van der Waals surface area contributed by atoms with E-state index in [1.807, 2.05) is 13.0 Å². The van der Waals surface area contributed by atoms with Gasteiger partial charge in [-0.2, -0.15) is 4.98 Å². The van der Waals surface area contributed by atoms with Crippen LogP contribution in [0.4, 0.5) is 23.1 Å². The number of sulfonamides is 1. The third-order valence-electron chi connectivity index (χ3n) is 5.04. The molecular weight excluding hydrogens is 522 g/mol. The van der Waals surface area contributed by atoms with Gasteiger partial charge in [0.05, 0.1) is 19.8 Å². The largest absolute Gasteiger partial charge is 0.492 e. The molecule has 4 rings (SSSR count). The molecule has 0 saturated carbocycles. The Morgan fingerprint density at radius 2 is 1.76 bits per heavy atom. The van der Waals surface area contributed by atoms with Gasteiger partial charge in [0.1, 0.15) is 16.5 Å². The van der Waals surface area contributed by atoms with Crippen molar-refractivity contribution in [3.63, 3.8) is 0 Å². The van der Waals surface area contributed by atoms with E-state index in [1.54, 1.807) is 43.3 Å². The first-order chi connectivity index (χ1) is 16.3. The van der Waals surface area contributed by atoms with Crippen LogP contribution in [0.2, 0.25) is 0 Å². The first-order valence-electron chi connectivity index (χ1n) is 10.8. The number of benzene rings is 2. The summed E-state index contributed by atoms with van der Waals surface area (Å²) in [5, 5.41) is 3.27. The maximum absolute atomic E-state index is 13.0. The van der Waals surface area contributed by atoms with E-state index in [1.165, 1.54) is 6.07 Å². The highest BCUT2D eigenvalue weighted by molar-refractivity contribution is 9.10. The molecule has 34 heavy (non-hydrogen) atoms. The Kier molecular flexibility index (Phi) is 7.54. The van der Waals surface area contributed by atoms with Crippen LogP contribution in [0.3, 0.4) is 0 Å². The zero-order chi connectivity index (χ0) is 24.1. The number of nitrogens with one attached hydrogen (secondary N) is 2. The van der Waals surface area contributed by atoms with Crippen molar-refractivity contribution in [2.24, 2.45) is 0 Å². The fourth-order valence-electron chi connectivity index (χ4n) is 3.47. The number of anilines is 4. The molecule has 3 aromatic rings. The van der Waals surface area contributed by atoms with Crippen LogP contribution in [0.1, 0.15) is 12.6 Å². The lowest BCUT2D eigenvalue weighted by Gasteiger charge is -2.27. The summed E-state index contributed by atoms with van der Waals surface area (Å²) in [4.78, 5) is 11.3. The van der Waals surface area contributed by atoms with E-state index in [-0.39, 0.29) is 4.90 Å². The molecule has 2 N–H and O–H groups in total. The smallest absolute Gasteiger partial charge is 0.265 e. The van der Waals surface area contributed by atoms with E-state index < -0.39 is 10.0 Å². The third kappa shape index (κ3) is 5.96. The van der Waals surface area contributed by atoms with Gasteiger partial charge < -0.3 is 19.7 Å². The molecule has 1 fully saturated rings. The van der Waals surface area contributed by atoms with E-state index in [0.717, 1.165) is 24.5 Å². The lowest BCUT2D eigenvalue weighted by Crippen LogP contribution is -2.37. The van der Waals surface area contributed by atoms with Gasteiger partial charge in [0.2, 0.25) is 5.95 Å². The fourth-order valence-corrected chi connectivity index (χ4v) is 5.21. The molecule has 180 valence electrons. The van der Waals surface area contributed by atoms with Crippen molar-refractivity contribution in [1.29, 1.82) is 0 Å². The number of hydrogen-bond donors (Lipinski definition) is 2. The van der Waals surface area contributed by atoms with E-state index >= 15 is 0 Å². The Labute approximate surface area is 207 Å². The van der Waals surface area contributed by atoms with Crippen molar-refractivity contribution in [3.05, 3.63) is 58.7 Å². The maximum atomic E-state index is 13.0. The van der Waals surface area contributed by atoms with E-state index in [4.69, 9.17) is 9.47 Å². The van der Waals surface area contributed by atoms with Gasteiger partial charge in [0.15, 0.2) is 0 Å². The molecule has 11 heteroatoms. The van der Waals surface area contributed by atoms with Crippen LogP contribution >= 0.6 is 15.9 Å². The summed E-state index contributed by atoms with van der Waals surface area (Å²) in [6, 6.07) is 13.7. The van der Waals surface area contributed by atoms with Crippen molar-refractivity contribution in [1.82, 2.24) is 9.97 Å². The highest BCUT2D eigenvalue weighted by Gasteiger charge is 2.21. The molecule has 1 aliphatic rings. The summed E-state index contributed by atoms with van der Waals surface area (Å²) in [7, 11) is -3.85. The first-order valence-corrected chi connectivity index (χ1v) is 13.1. The molecule has 0 spiro atoms. The number of rotatable bonds is 8.